The SMILES string of the molecule is CCNC(C)(COc1ccc(C)cc1)C(=O)OCC. The van der Waals surface area contributed by atoms with Crippen LogP contribution < -0.4 is 10.1 Å². The zero-order valence-corrected chi connectivity index (χ0v) is 12.2. The van der Waals surface area contributed by atoms with Gasteiger partial charge in [-0.25, -0.2) is 4.79 Å². The van der Waals surface area contributed by atoms with Crippen LogP contribution in [-0.4, -0.2) is 31.3 Å². The van der Waals surface area contributed by atoms with Crippen LogP contribution in [-0.2, 0) is 9.53 Å². The normalized spacial score (nSPS) is 13.7. The second-order valence-electron chi connectivity index (χ2n) is 4.68. The maximum Gasteiger partial charge on any atom is 0.329 e. The Balaban J connectivity index is 2.67. The van der Waals surface area contributed by atoms with Crippen molar-refractivity contribution in [1.82, 2.24) is 5.32 Å². The zero-order valence-electron chi connectivity index (χ0n) is 12.2. The van der Waals surface area contributed by atoms with Crippen molar-refractivity contribution in [3.8, 4) is 5.75 Å². The van der Waals surface area contributed by atoms with Crippen molar-refractivity contribution >= 4 is 5.97 Å². The predicted molar refractivity (Wildman–Crippen MR) is 75.4 cm³/mol. The molecule has 0 radical (unpaired) electrons. The number of rotatable bonds is 7. The average Bonchev–Trinajstić information content (AvgIpc) is 2.39. The van der Waals surface area contributed by atoms with E-state index in [-0.39, 0.29) is 12.6 Å². The summed E-state index contributed by atoms with van der Waals surface area (Å²) < 4.78 is 10.8. The molecule has 0 aliphatic carbocycles. The molecule has 4 heteroatoms. The van der Waals surface area contributed by atoms with Gasteiger partial charge in [0.1, 0.15) is 17.9 Å². The van der Waals surface area contributed by atoms with Gasteiger partial charge in [-0.05, 0) is 39.4 Å². The van der Waals surface area contributed by atoms with Gasteiger partial charge in [0.25, 0.3) is 0 Å². The van der Waals surface area contributed by atoms with Gasteiger partial charge in [0.05, 0.1) is 6.61 Å². The Morgan fingerprint density at radius 2 is 1.89 bits per heavy atom. The first-order valence-electron chi connectivity index (χ1n) is 6.63. The molecule has 0 amide bonds. The van der Waals surface area contributed by atoms with Gasteiger partial charge in [0.2, 0.25) is 0 Å². The summed E-state index contributed by atoms with van der Waals surface area (Å²) >= 11 is 0. The molecule has 1 unspecified atom stereocenters. The Kier molecular flexibility index (Phi) is 5.83. The van der Waals surface area contributed by atoms with Crippen LogP contribution in [0, 0.1) is 6.92 Å². The largest absolute Gasteiger partial charge is 0.491 e. The lowest BCUT2D eigenvalue weighted by Crippen LogP contribution is -2.54. The monoisotopic (exact) mass is 265 g/mol. The lowest BCUT2D eigenvalue weighted by atomic mass is 10.0. The van der Waals surface area contributed by atoms with Crippen molar-refractivity contribution in [2.24, 2.45) is 0 Å². The molecule has 0 aliphatic heterocycles. The highest BCUT2D eigenvalue weighted by Gasteiger charge is 2.34. The van der Waals surface area contributed by atoms with Crippen molar-refractivity contribution in [1.29, 1.82) is 0 Å². The number of carbonyl (C=O) groups is 1. The Morgan fingerprint density at radius 1 is 1.26 bits per heavy atom. The number of carbonyl (C=O) groups excluding carboxylic acids is 1. The van der Waals surface area contributed by atoms with E-state index in [9.17, 15) is 4.79 Å². The molecular weight excluding hydrogens is 242 g/mol. The van der Waals surface area contributed by atoms with Crippen LogP contribution >= 0.6 is 0 Å². The van der Waals surface area contributed by atoms with Crippen molar-refractivity contribution in [3.63, 3.8) is 0 Å². The summed E-state index contributed by atoms with van der Waals surface area (Å²) in [5.41, 5.74) is 0.350. The summed E-state index contributed by atoms with van der Waals surface area (Å²) in [5, 5.41) is 3.13. The van der Waals surface area contributed by atoms with Gasteiger partial charge in [-0.2, -0.15) is 0 Å². The van der Waals surface area contributed by atoms with E-state index in [1.807, 2.05) is 38.1 Å². The minimum Gasteiger partial charge on any atom is -0.491 e. The number of esters is 1. The molecule has 0 fully saturated rings. The molecule has 0 aromatic heterocycles. The molecule has 0 spiro atoms. The van der Waals surface area contributed by atoms with Crippen LogP contribution in [0.3, 0.4) is 0 Å². The van der Waals surface area contributed by atoms with Crippen molar-refractivity contribution < 1.29 is 14.3 Å². The zero-order chi connectivity index (χ0) is 14.3. The van der Waals surface area contributed by atoms with E-state index in [1.165, 1.54) is 5.56 Å². The summed E-state index contributed by atoms with van der Waals surface area (Å²) in [6.45, 7) is 8.84. The van der Waals surface area contributed by atoms with Gasteiger partial charge in [0.15, 0.2) is 0 Å². The summed E-state index contributed by atoms with van der Waals surface area (Å²) in [6, 6.07) is 7.74. The van der Waals surface area contributed by atoms with Gasteiger partial charge in [-0.3, -0.25) is 5.32 Å². The number of ether oxygens (including phenoxy) is 2. The fraction of sp³-hybridized carbons (Fsp3) is 0.533. The molecule has 0 saturated carbocycles. The van der Waals surface area contributed by atoms with E-state index in [1.54, 1.807) is 13.8 Å². The third-order valence-electron chi connectivity index (χ3n) is 2.84. The number of benzene rings is 1. The highest BCUT2D eigenvalue weighted by molar-refractivity contribution is 5.80. The minimum atomic E-state index is -0.824. The molecule has 0 heterocycles. The first-order valence-corrected chi connectivity index (χ1v) is 6.63. The molecule has 0 aliphatic rings. The number of nitrogens with one attached hydrogen (secondary N) is 1. The van der Waals surface area contributed by atoms with Gasteiger partial charge in [-0.1, -0.05) is 24.6 Å². The van der Waals surface area contributed by atoms with Crippen molar-refractivity contribution in [2.45, 2.75) is 33.2 Å². The molecule has 106 valence electrons. The van der Waals surface area contributed by atoms with E-state index in [0.29, 0.717) is 13.2 Å². The summed E-state index contributed by atoms with van der Waals surface area (Å²) in [7, 11) is 0. The Morgan fingerprint density at radius 3 is 2.42 bits per heavy atom. The third-order valence-corrected chi connectivity index (χ3v) is 2.84. The van der Waals surface area contributed by atoms with E-state index in [0.717, 1.165) is 5.75 Å². The van der Waals surface area contributed by atoms with Crippen LogP contribution in [0.25, 0.3) is 0 Å². The number of hydrogen-bond acceptors (Lipinski definition) is 4. The minimum absolute atomic E-state index is 0.239. The highest BCUT2D eigenvalue weighted by Crippen LogP contribution is 2.15. The van der Waals surface area contributed by atoms with Gasteiger partial charge >= 0.3 is 5.97 Å². The average molecular weight is 265 g/mol. The fourth-order valence-electron chi connectivity index (χ4n) is 1.72. The molecule has 1 N–H and O–H groups in total. The molecule has 4 nitrogen and oxygen atoms in total. The molecule has 0 saturated heterocycles. The first-order chi connectivity index (χ1) is 9.01. The van der Waals surface area contributed by atoms with E-state index >= 15 is 0 Å². The van der Waals surface area contributed by atoms with Crippen LogP contribution in [0.1, 0.15) is 26.3 Å². The van der Waals surface area contributed by atoms with Crippen LogP contribution in [0.5, 0.6) is 5.75 Å². The van der Waals surface area contributed by atoms with E-state index in [4.69, 9.17) is 9.47 Å². The topological polar surface area (TPSA) is 47.6 Å². The lowest BCUT2D eigenvalue weighted by Gasteiger charge is -2.27. The standard InChI is InChI=1S/C15H23NO3/c1-5-16-15(4,14(17)18-6-2)11-19-13-9-7-12(3)8-10-13/h7-10,16H,5-6,11H2,1-4H3. The summed E-state index contributed by atoms with van der Waals surface area (Å²) in [6.07, 6.45) is 0. The van der Waals surface area contributed by atoms with Gasteiger partial charge in [0, 0.05) is 0 Å². The first kappa shape index (κ1) is 15.5. The van der Waals surface area contributed by atoms with E-state index < -0.39 is 5.54 Å². The fourth-order valence-corrected chi connectivity index (χ4v) is 1.72. The van der Waals surface area contributed by atoms with Crippen LogP contribution in [0.15, 0.2) is 24.3 Å². The van der Waals surface area contributed by atoms with Gasteiger partial charge < -0.3 is 9.47 Å². The molecule has 1 aromatic rings. The maximum atomic E-state index is 12.0. The molecule has 1 aromatic carbocycles. The van der Waals surface area contributed by atoms with Crippen LogP contribution in [0.4, 0.5) is 0 Å². The number of likely N-dealkylation sites (N-methyl/N-ethyl adjacent to an activating group) is 1. The Hall–Kier alpha value is -1.55. The van der Waals surface area contributed by atoms with E-state index in [2.05, 4.69) is 5.32 Å². The second kappa shape index (κ2) is 7.14. The van der Waals surface area contributed by atoms with Crippen molar-refractivity contribution in [3.05, 3.63) is 29.8 Å². The van der Waals surface area contributed by atoms with Crippen LogP contribution in [0.2, 0.25) is 0 Å². The molecular formula is C15H23NO3. The molecule has 1 rings (SSSR count). The second-order valence-corrected chi connectivity index (χ2v) is 4.68. The number of hydrogen-bond donors (Lipinski definition) is 1. The third kappa shape index (κ3) is 4.56. The Bertz CT molecular complexity index is 402. The van der Waals surface area contributed by atoms with Gasteiger partial charge in [-0.15, -0.1) is 0 Å². The predicted octanol–water partition coefficient (Wildman–Crippen LogP) is 2.31. The molecule has 1 atom stereocenters. The quantitative estimate of drug-likeness (QED) is 0.769. The summed E-state index contributed by atoms with van der Waals surface area (Å²) in [5.74, 6) is 0.461. The summed E-state index contributed by atoms with van der Waals surface area (Å²) in [4.78, 5) is 12.0. The lowest BCUT2D eigenvalue weighted by molar-refractivity contribution is -0.151. The van der Waals surface area contributed by atoms with Crippen molar-refractivity contribution in [2.75, 3.05) is 19.8 Å². The highest BCUT2D eigenvalue weighted by atomic mass is 16.5. The smallest absolute Gasteiger partial charge is 0.329 e. The maximum absolute atomic E-state index is 12.0. The molecule has 0 bridgehead atoms. The Labute approximate surface area is 115 Å². The number of aryl methyl sites for hydroxylation is 1. The molecule has 19 heavy (non-hydrogen) atoms.